The molecular formula is C10H18N2O2. The van der Waals surface area contributed by atoms with Crippen LogP contribution in [0.15, 0.2) is 0 Å². The average molecular weight is 198 g/mol. The Labute approximate surface area is 84.9 Å². The second-order valence-electron chi connectivity index (χ2n) is 3.53. The summed E-state index contributed by atoms with van der Waals surface area (Å²) in [6, 6.07) is 0. The molecule has 1 aliphatic heterocycles. The quantitative estimate of drug-likeness (QED) is 0.616. The van der Waals surface area contributed by atoms with Gasteiger partial charge in [-0.3, -0.25) is 9.59 Å². The van der Waals surface area contributed by atoms with Gasteiger partial charge in [0.15, 0.2) is 0 Å². The van der Waals surface area contributed by atoms with E-state index in [1.54, 1.807) is 9.80 Å². The number of amides is 2. The number of piperazine rings is 1. The lowest BCUT2D eigenvalue weighted by Crippen LogP contribution is -2.54. The predicted molar refractivity (Wildman–Crippen MR) is 53.7 cm³/mol. The molecule has 0 radical (unpaired) electrons. The average Bonchev–Trinajstić information content (AvgIpc) is 2.20. The van der Waals surface area contributed by atoms with Crippen molar-refractivity contribution in [3.05, 3.63) is 0 Å². The highest BCUT2D eigenvalue weighted by Crippen LogP contribution is 2.05. The lowest BCUT2D eigenvalue weighted by molar-refractivity contribution is -0.155. The van der Waals surface area contributed by atoms with Gasteiger partial charge in [-0.2, -0.15) is 0 Å². The van der Waals surface area contributed by atoms with Crippen LogP contribution in [-0.4, -0.2) is 47.8 Å². The fraction of sp³-hybridized carbons (Fsp3) is 0.800. The summed E-state index contributed by atoms with van der Waals surface area (Å²) in [4.78, 5) is 26.3. The van der Waals surface area contributed by atoms with Gasteiger partial charge in [0.05, 0.1) is 0 Å². The number of carbonyl (C=O) groups is 2. The number of carbonyl (C=O) groups excluding carboxylic acids is 2. The van der Waals surface area contributed by atoms with E-state index in [1.807, 2.05) is 6.92 Å². The van der Waals surface area contributed by atoms with Crippen LogP contribution in [0.3, 0.4) is 0 Å². The van der Waals surface area contributed by atoms with Gasteiger partial charge in [-0.25, -0.2) is 0 Å². The highest BCUT2D eigenvalue weighted by Gasteiger charge is 2.30. The van der Waals surface area contributed by atoms with Gasteiger partial charge in [0.2, 0.25) is 0 Å². The molecule has 0 aromatic carbocycles. The lowest BCUT2D eigenvalue weighted by Gasteiger charge is -2.33. The summed E-state index contributed by atoms with van der Waals surface area (Å²) in [5.74, 6) is -0.665. The first kappa shape index (κ1) is 11.0. The molecule has 1 heterocycles. The SMILES string of the molecule is CCCCN1CCN(CC)C(=O)C1=O. The monoisotopic (exact) mass is 198 g/mol. The molecule has 2 amide bonds. The molecule has 14 heavy (non-hydrogen) atoms. The van der Waals surface area contributed by atoms with Crippen LogP contribution in [0.2, 0.25) is 0 Å². The van der Waals surface area contributed by atoms with Crippen molar-refractivity contribution in [2.75, 3.05) is 26.2 Å². The normalized spacial score (nSPS) is 17.9. The molecule has 80 valence electrons. The Morgan fingerprint density at radius 1 is 1.07 bits per heavy atom. The van der Waals surface area contributed by atoms with E-state index < -0.39 is 0 Å². The minimum atomic E-state index is -0.338. The second-order valence-corrected chi connectivity index (χ2v) is 3.53. The van der Waals surface area contributed by atoms with Gasteiger partial charge in [0.25, 0.3) is 0 Å². The lowest BCUT2D eigenvalue weighted by atomic mass is 10.2. The van der Waals surface area contributed by atoms with E-state index >= 15 is 0 Å². The van der Waals surface area contributed by atoms with Crippen LogP contribution in [0.25, 0.3) is 0 Å². The Hall–Kier alpha value is -1.06. The summed E-state index contributed by atoms with van der Waals surface area (Å²) in [6.07, 6.45) is 2.03. The number of nitrogens with zero attached hydrogens (tertiary/aromatic N) is 2. The molecule has 4 nitrogen and oxygen atoms in total. The number of unbranched alkanes of at least 4 members (excludes halogenated alkanes) is 1. The van der Waals surface area contributed by atoms with Crippen LogP contribution in [0.1, 0.15) is 26.7 Å². The highest BCUT2D eigenvalue weighted by molar-refractivity contribution is 6.35. The number of hydrogen-bond acceptors (Lipinski definition) is 2. The first-order valence-corrected chi connectivity index (χ1v) is 5.28. The van der Waals surface area contributed by atoms with E-state index in [9.17, 15) is 9.59 Å². The maximum absolute atomic E-state index is 11.5. The number of hydrogen-bond donors (Lipinski definition) is 0. The fourth-order valence-corrected chi connectivity index (χ4v) is 1.58. The molecule has 0 bridgehead atoms. The standard InChI is InChI=1S/C10H18N2O2/c1-3-5-6-12-8-7-11(4-2)9(13)10(12)14/h3-8H2,1-2H3. The second kappa shape index (κ2) is 4.98. The molecule has 0 spiro atoms. The van der Waals surface area contributed by atoms with Gasteiger partial charge >= 0.3 is 11.8 Å². The first-order chi connectivity index (χ1) is 6.70. The molecular weight excluding hydrogens is 180 g/mol. The van der Waals surface area contributed by atoms with E-state index in [2.05, 4.69) is 6.92 Å². The highest BCUT2D eigenvalue weighted by atomic mass is 16.2. The maximum Gasteiger partial charge on any atom is 0.312 e. The summed E-state index contributed by atoms with van der Waals surface area (Å²) >= 11 is 0. The zero-order valence-electron chi connectivity index (χ0n) is 8.95. The van der Waals surface area contributed by atoms with Crippen molar-refractivity contribution in [1.82, 2.24) is 9.80 Å². The molecule has 0 atom stereocenters. The van der Waals surface area contributed by atoms with Gasteiger partial charge in [0.1, 0.15) is 0 Å². The van der Waals surface area contributed by atoms with Crippen LogP contribution in [0.4, 0.5) is 0 Å². The summed E-state index contributed by atoms with van der Waals surface area (Å²) in [6.45, 7) is 6.70. The Balaban J connectivity index is 2.51. The van der Waals surface area contributed by atoms with Crippen molar-refractivity contribution in [3.8, 4) is 0 Å². The minimum absolute atomic E-state index is 0.327. The van der Waals surface area contributed by atoms with Crippen LogP contribution < -0.4 is 0 Å². The van der Waals surface area contributed by atoms with Gasteiger partial charge in [-0.15, -0.1) is 0 Å². The minimum Gasteiger partial charge on any atom is -0.333 e. The molecule has 0 N–H and O–H groups in total. The Morgan fingerprint density at radius 3 is 2.21 bits per heavy atom. The molecule has 1 aliphatic rings. The van der Waals surface area contributed by atoms with Crippen LogP contribution in [0, 0.1) is 0 Å². The zero-order valence-corrected chi connectivity index (χ0v) is 8.95. The Bertz CT molecular complexity index is 228. The molecule has 0 unspecified atom stereocenters. The van der Waals surface area contributed by atoms with Crippen molar-refractivity contribution in [2.45, 2.75) is 26.7 Å². The van der Waals surface area contributed by atoms with Crippen molar-refractivity contribution >= 4 is 11.8 Å². The van der Waals surface area contributed by atoms with Gasteiger partial charge in [-0.1, -0.05) is 13.3 Å². The van der Waals surface area contributed by atoms with E-state index in [1.165, 1.54) is 0 Å². The third-order valence-electron chi connectivity index (χ3n) is 2.56. The smallest absolute Gasteiger partial charge is 0.312 e. The molecule has 1 saturated heterocycles. The van der Waals surface area contributed by atoms with Crippen molar-refractivity contribution in [1.29, 1.82) is 0 Å². The van der Waals surface area contributed by atoms with E-state index in [0.717, 1.165) is 19.4 Å². The zero-order chi connectivity index (χ0) is 10.6. The number of rotatable bonds is 4. The van der Waals surface area contributed by atoms with Gasteiger partial charge in [-0.05, 0) is 13.3 Å². The van der Waals surface area contributed by atoms with E-state index in [-0.39, 0.29) is 11.8 Å². The van der Waals surface area contributed by atoms with Crippen molar-refractivity contribution in [3.63, 3.8) is 0 Å². The van der Waals surface area contributed by atoms with Crippen LogP contribution in [-0.2, 0) is 9.59 Å². The van der Waals surface area contributed by atoms with E-state index in [0.29, 0.717) is 19.6 Å². The molecule has 0 aromatic rings. The fourth-order valence-electron chi connectivity index (χ4n) is 1.58. The van der Waals surface area contributed by atoms with Gasteiger partial charge in [0, 0.05) is 26.2 Å². The molecule has 1 fully saturated rings. The molecule has 4 heteroatoms. The molecule has 0 aliphatic carbocycles. The van der Waals surface area contributed by atoms with Crippen molar-refractivity contribution < 1.29 is 9.59 Å². The maximum atomic E-state index is 11.5. The van der Waals surface area contributed by atoms with Crippen molar-refractivity contribution in [2.24, 2.45) is 0 Å². The Morgan fingerprint density at radius 2 is 1.64 bits per heavy atom. The van der Waals surface area contributed by atoms with Crippen LogP contribution >= 0.6 is 0 Å². The third-order valence-corrected chi connectivity index (χ3v) is 2.56. The predicted octanol–water partition coefficient (Wildman–Crippen LogP) is 0.477. The molecule has 1 rings (SSSR count). The summed E-state index contributed by atoms with van der Waals surface area (Å²) in [7, 11) is 0. The van der Waals surface area contributed by atoms with E-state index in [4.69, 9.17) is 0 Å². The largest absolute Gasteiger partial charge is 0.333 e. The first-order valence-electron chi connectivity index (χ1n) is 5.28. The third kappa shape index (κ3) is 2.25. The summed E-state index contributed by atoms with van der Waals surface area (Å²) in [5, 5.41) is 0. The summed E-state index contributed by atoms with van der Waals surface area (Å²) < 4.78 is 0. The topological polar surface area (TPSA) is 40.6 Å². The molecule has 0 aromatic heterocycles. The Kier molecular flexibility index (Phi) is 3.92. The number of likely N-dealkylation sites (N-methyl/N-ethyl adjacent to an activating group) is 1. The summed E-state index contributed by atoms with van der Waals surface area (Å²) in [5.41, 5.74) is 0. The van der Waals surface area contributed by atoms with Gasteiger partial charge < -0.3 is 9.80 Å². The van der Waals surface area contributed by atoms with Crippen LogP contribution in [0.5, 0.6) is 0 Å². The molecule has 0 saturated carbocycles.